The average molecular weight is 257 g/mol. The van der Waals surface area contributed by atoms with Crippen molar-refractivity contribution < 1.29 is 0 Å². The van der Waals surface area contributed by atoms with Crippen LogP contribution in [0, 0.1) is 0 Å². The minimum atomic E-state index is 0.747. The van der Waals surface area contributed by atoms with Crippen molar-refractivity contribution >= 4 is 22.6 Å². The van der Waals surface area contributed by atoms with Crippen LogP contribution in [0.5, 0.6) is 0 Å². The van der Waals surface area contributed by atoms with Gasteiger partial charge in [-0.05, 0) is 23.8 Å². The van der Waals surface area contributed by atoms with E-state index >= 15 is 0 Å². The maximum Gasteiger partial charge on any atom is 0.114 e. The second kappa shape index (κ2) is 4.46. The van der Waals surface area contributed by atoms with Crippen LogP contribution in [0.2, 0.25) is 5.02 Å². The van der Waals surface area contributed by atoms with Crippen molar-refractivity contribution in [2.45, 2.75) is 6.42 Å². The van der Waals surface area contributed by atoms with Crippen LogP contribution < -0.4 is 0 Å². The largest absolute Gasteiger partial charge is 0.331 e. The molecular weight excluding hydrogens is 244 g/mol. The Labute approximate surface area is 111 Å². The zero-order valence-corrected chi connectivity index (χ0v) is 10.9. The molecule has 2 nitrogen and oxygen atoms in total. The van der Waals surface area contributed by atoms with Crippen molar-refractivity contribution in [2.75, 3.05) is 0 Å². The summed E-state index contributed by atoms with van der Waals surface area (Å²) in [6.45, 7) is 0. The molecule has 18 heavy (non-hydrogen) atoms. The Morgan fingerprint density at radius 3 is 2.67 bits per heavy atom. The van der Waals surface area contributed by atoms with Crippen molar-refractivity contribution in [2.24, 2.45) is 7.05 Å². The van der Waals surface area contributed by atoms with E-state index < -0.39 is 0 Å². The van der Waals surface area contributed by atoms with Gasteiger partial charge in [0.05, 0.1) is 11.0 Å². The highest BCUT2D eigenvalue weighted by Crippen LogP contribution is 2.21. The molecule has 1 heterocycles. The smallest absolute Gasteiger partial charge is 0.114 e. The first-order chi connectivity index (χ1) is 8.74. The highest BCUT2D eigenvalue weighted by atomic mass is 35.5. The molecule has 0 amide bonds. The van der Waals surface area contributed by atoms with Crippen LogP contribution in [-0.2, 0) is 13.5 Å². The van der Waals surface area contributed by atoms with Gasteiger partial charge in [0.15, 0.2) is 0 Å². The Morgan fingerprint density at radius 2 is 1.89 bits per heavy atom. The molecule has 3 aromatic rings. The molecule has 0 spiro atoms. The van der Waals surface area contributed by atoms with E-state index in [-0.39, 0.29) is 0 Å². The molecular formula is C15H13ClN2. The summed E-state index contributed by atoms with van der Waals surface area (Å²) in [5, 5.41) is 0.747. The van der Waals surface area contributed by atoms with Gasteiger partial charge in [0.25, 0.3) is 0 Å². The van der Waals surface area contributed by atoms with Gasteiger partial charge in [-0.25, -0.2) is 4.98 Å². The lowest BCUT2D eigenvalue weighted by molar-refractivity contribution is 0.845. The molecule has 3 rings (SSSR count). The SMILES string of the molecule is Cn1c(Cc2ccccc2)nc2ccc(Cl)cc21. The van der Waals surface area contributed by atoms with E-state index in [2.05, 4.69) is 33.8 Å². The van der Waals surface area contributed by atoms with Crippen LogP contribution in [0.3, 0.4) is 0 Å². The summed E-state index contributed by atoms with van der Waals surface area (Å²) in [6, 6.07) is 16.2. The maximum absolute atomic E-state index is 6.02. The van der Waals surface area contributed by atoms with Crippen molar-refractivity contribution in [1.82, 2.24) is 9.55 Å². The van der Waals surface area contributed by atoms with E-state index in [1.54, 1.807) is 0 Å². The molecule has 0 aliphatic carbocycles. The summed E-state index contributed by atoms with van der Waals surface area (Å²) in [6.07, 6.45) is 0.837. The van der Waals surface area contributed by atoms with E-state index in [0.717, 1.165) is 28.3 Å². The van der Waals surface area contributed by atoms with Gasteiger partial charge in [0, 0.05) is 18.5 Å². The molecule has 3 heteroatoms. The molecule has 0 saturated heterocycles. The number of hydrogen-bond acceptors (Lipinski definition) is 1. The Morgan fingerprint density at radius 1 is 1.11 bits per heavy atom. The summed E-state index contributed by atoms with van der Waals surface area (Å²) in [7, 11) is 2.03. The quantitative estimate of drug-likeness (QED) is 0.682. The van der Waals surface area contributed by atoms with Gasteiger partial charge < -0.3 is 4.57 Å². The van der Waals surface area contributed by atoms with Gasteiger partial charge >= 0.3 is 0 Å². The molecule has 0 aliphatic heterocycles. The number of fused-ring (bicyclic) bond motifs is 1. The summed E-state index contributed by atoms with van der Waals surface area (Å²) in [4.78, 5) is 4.65. The molecule has 0 radical (unpaired) electrons. The van der Waals surface area contributed by atoms with Crippen LogP contribution in [0.1, 0.15) is 11.4 Å². The number of imidazole rings is 1. The van der Waals surface area contributed by atoms with Gasteiger partial charge in [-0.3, -0.25) is 0 Å². The summed E-state index contributed by atoms with van der Waals surface area (Å²) in [5.74, 6) is 1.05. The molecule has 0 bridgehead atoms. The van der Waals surface area contributed by atoms with E-state index in [1.165, 1.54) is 5.56 Å². The normalized spacial score (nSPS) is 11.0. The zero-order valence-electron chi connectivity index (χ0n) is 10.1. The fourth-order valence-electron chi connectivity index (χ4n) is 2.15. The zero-order chi connectivity index (χ0) is 12.5. The van der Waals surface area contributed by atoms with Crippen LogP contribution in [-0.4, -0.2) is 9.55 Å². The number of nitrogens with zero attached hydrogens (tertiary/aromatic N) is 2. The Kier molecular flexibility index (Phi) is 2.80. The summed E-state index contributed by atoms with van der Waals surface area (Å²) >= 11 is 6.02. The van der Waals surface area contributed by atoms with Crippen molar-refractivity contribution in [3.63, 3.8) is 0 Å². The first-order valence-corrected chi connectivity index (χ1v) is 6.26. The summed E-state index contributed by atoms with van der Waals surface area (Å²) in [5.41, 5.74) is 3.34. The number of aryl methyl sites for hydroxylation is 1. The van der Waals surface area contributed by atoms with Gasteiger partial charge in [0.2, 0.25) is 0 Å². The first kappa shape index (κ1) is 11.3. The van der Waals surface area contributed by atoms with Gasteiger partial charge in [-0.15, -0.1) is 0 Å². The minimum Gasteiger partial charge on any atom is -0.331 e. The van der Waals surface area contributed by atoms with Crippen LogP contribution in [0.4, 0.5) is 0 Å². The predicted molar refractivity (Wildman–Crippen MR) is 75.0 cm³/mol. The topological polar surface area (TPSA) is 17.8 Å². The van der Waals surface area contributed by atoms with Crippen LogP contribution in [0.25, 0.3) is 11.0 Å². The number of rotatable bonds is 2. The molecule has 0 atom stereocenters. The third-order valence-electron chi connectivity index (χ3n) is 3.14. The van der Waals surface area contributed by atoms with Gasteiger partial charge in [0.1, 0.15) is 5.82 Å². The third-order valence-corrected chi connectivity index (χ3v) is 3.38. The average Bonchev–Trinajstić information content (AvgIpc) is 2.68. The minimum absolute atomic E-state index is 0.747. The molecule has 2 aromatic carbocycles. The lowest BCUT2D eigenvalue weighted by Gasteiger charge is -2.02. The van der Waals surface area contributed by atoms with E-state index in [0.29, 0.717) is 0 Å². The van der Waals surface area contributed by atoms with Gasteiger partial charge in [-0.1, -0.05) is 41.9 Å². The Hall–Kier alpha value is -1.80. The highest BCUT2D eigenvalue weighted by Gasteiger charge is 2.08. The van der Waals surface area contributed by atoms with Crippen LogP contribution >= 0.6 is 11.6 Å². The lowest BCUT2D eigenvalue weighted by Crippen LogP contribution is -1.98. The number of halogens is 1. The van der Waals surface area contributed by atoms with E-state index in [9.17, 15) is 0 Å². The second-order valence-corrected chi connectivity index (χ2v) is 4.82. The predicted octanol–water partition coefficient (Wildman–Crippen LogP) is 3.82. The number of aromatic nitrogens is 2. The lowest BCUT2D eigenvalue weighted by atomic mass is 10.1. The first-order valence-electron chi connectivity index (χ1n) is 5.89. The molecule has 90 valence electrons. The molecule has 0 saturated carbocycles. The maximum atomic E-state index is 6.02. The second-order valence-electron chi connectivity index (χ2n) is 4.38. The Balaban J connectivity index is 2.05. The summed E-state index contributed by atoms with van der Waals surface area (Å²) < 4.78 is 2.11. The molecule has 1 aromatic heterocycles. The van der Waals surface area contributed by atoms with Gasteiger partial charge in [-0.2, -0.15) is 0 Å². The number of hydrogen-bond donors (Lipinski definition) is 0. The number of benzene rings is 2. The van der Waals surface area contributed by atoms with E-state index in [1.807, 2.05) is 31.3 Å². The van der Waals surface area contributed by atoms with E-state index in [4.69, 9.17) is 11.6 Å². The van der Waals surface area contributed by atoms with Crippen molar-refractivity contribution in [3.8, 4) is 0 Å². The molecule has 0 fully saturated rings. The van der Waals surface area contributed by atoms with Crippen molar-refractivity contribution in [1.29, 1.82) is 0 Å². The molecule has 0 aliphatic rings. The Bertz CT molecular complexity index is 686. The third kappa shape index (κ3) is 2.00. The highest BCUT2D eigenvalue weighted by molar-refractivity contribution is 6.31. The standard InChI is InChI=1S/C15H13ClN2/c1-18-14-10-12(16)7-8-13(14)17-15(18)9-11-5-3-2-4-6-11/h2-8,10H,9H2,1H3. The van der Waals surface area contributed by atoms with Crippen LogP contribution in [0.15, 0.2) is 48.5 Å². The van der Waals surface area contributed by atoms with Crippen molar-refractivity contribution in [3.05, 3.63) is 64.9 Å². The fourth-order valence-corrected chi connectivity index (χ4v) is 2.32. The molecule has 0 N–H and O–H groups in total. The molecule has 0 unspecified atom stereocenters. The fraction of sp³-hybridized carbons (Fsp3) is 0.133. The monoisotopic (exact) mass is 256 g/mol.